The van der Waals surface area contributed by atoms with Gasteiger partial charge in [0.25, 0.3) is 0 Å². The SMILES string of the molecule is CCCCCC(C)NCCOc1ccc(OC)cc1Br. The Balaban J connectivity index is 2.20. The van der Waals surface area contributed by atoms with Crippen LogP contribution in [0, 0.1) is 0 Å². The van der Waals surface area contributed by atoms with Crippen molar-refractivity contribution >= 4 is 15.9 Å². The summed E-state index contributed by atoms with van der Waals surface area (Å²) in [4.78, 5) is 0. The van der Waals surface area contributed by atoms with Gasteiger partial charge in [-0.25, -0.2) is 0 Å². The number of rotatable bonds is 10. The zero-order chi connectivity index (χ0) is 14.8. The van der Waals surface area contributed by atoms with Crippen molar-refractivity contribution in [2.45, 2.75) is 45.6 Å². The third-order valence-electron chi connectivity index (χ3n) is 3.23. The van der Waals surface area contributed by atoms with E-state index in [1.165, 1.54) is 25.7 Å². The van der Waals surface area contributed by atoms with Gasteiger partial charge in [-0.05, 0) is 47.5 Å². The molecule has 0 spiro atoms. The molecule has 0 saturated carbocycles. The van der Waals surface area contributed by atoms with Gasteiger partial charge in [0, 0.05) is 12.6 Å². The number of unbranched alkanes of at least 4 members (excludes halogenated alkanes) is 2. The van der Waals surface area contributed by atoms with Crippen molar-refractivity contribution in [2.75, 3.05) is 20.3 Å². The van der Waals surface area contributed by atoms with Crippen LogP contribution in [0.1, 0.15) is 39.5 Å². The van der Waals surface area contributed by atoms with E-state index >= 15 is 0 Å². The molecule has 0 saturated heterocycles. The van der Waals surface area contributed by atoms with E-state index in [4.69, 9.17) is 9.47 Å². The maximum atomic E-state index is 5.75. The number of halogens is 1. The highest BCUT2D eigenvalue weighted by molar-refractivity contribution is 9.10. The molecule has 1 rings (SSSR count). The van der Waals surface area contributed by atoms with Gasteiger partial charge in [-0.15, -0.1) is 0 Å². The second-order valence-corrected chi connectivity index (χ2v) is 5.85. The van der Waals surface area contributed by atoms with Crippen molar-refractivity contribution in [1.82, 2.24) is 5.32 Å². The Morgan fingerprint density at radius 1 is 1.30 bits per heavy atom. The molecule has 0 amide bonds. The Bertz CT molecular complexity index is 385. The Labute approximate surface area is 131 Å². The fraction of sp³-hybridized carbons (Fsp3) is 0.625. The van der Waals surface area contributed by atoms with E-state index in [9.17, 15) is 0 Å². The molecule has 0 aliphatic carbocycles. The predicted octanol–water partition coefficient (Wildman–Crippen LogP) is 4.39. The first-order valence-electron chi connectivity index (χ1n) is 7.37. The minimum Gasteiger partial charge on any atom is -0.497 e. The van der Waals surface area contributed by atoms with Crippen molar-refractivity contribution in [3.05, 3.63) is 22.7 Å². The lowest BCUT2D eigenvalue weighted by Gasteiger charge is -2.14. The highest BCUT2D eigenvalue weighted by Gasteiger charge is 2.04. The van der Waals surface area contributed by atoms with Crippen LogP contribution in [0.25, 0.3) is 0 Å². The Morgan fingerprint density at radius 3 is 2.75 bits per heavy atom. The summed E-state index contributed by atoms with van der Waals surface area (Å²) in [6, 6.07) is 6.30. The fourth-order valence-electron chi connectivity index (χ4n) is 1.99. The van der Waals surface area contributed by atoms with Gasteiger partial charge in [0.05, 0.1) is 11.6 Å². The lowest BCUT2D eigenvalue weighted by Crippen LogP contribution is -2.30. The van der Waals surface area contributed by atoms with E-state index in [1.54, 1.807) is 7.11 Å². The first-order valence-corrected chi connectivity index (χ1v) is 8.16. The molecule has 0 aromatic heterocycles. The second-order valence-electron chi connectivity index (χ2n) is 5.00. The third kappa shape index (κ3) is 6.62. The molecule has 0 heterocycles. The number of ether oxygens (including phenoxy) is 2. The van der Waals surface area contributed by atoms with Crippen LogP contribution in [-0.2, 0) is 0 Å². The monoisotopic (exact) mass is 343 g/mol. The number of nitrogens with one attached hydrogen (secondary N) is 1. The average Bonchev–Trinajstić information content (AvgIpc) is 2.45. The summed E-state index contributed by atoms with van der Waals surface area (Å²) in [7, 11) is 1.66. The largest absolute Gasteiger partial charge is 0.497 e. The molecule has 4 heteroatoms. The lowest BCUT2D eigenvalue weighted by molar-refractivity contribution is 0.302. The van der Waals surface area contributed by atoms with Crippen molar-refractivity contribution in [2.24, 2.45) is 0 Å². The van der Waals surface area contributed by atoms with Gasteiger partial charge in [0.15, 0.2) is 0 Å². The maximum absolute atomic E-state index is 5.75. The molecular weight excluding hydrogens is 318 g/mol. The number of hydrogen-bond donors (Lipinski definition) is 1. The van der Waals surface area contributed by atoms with E-state index in [0.29, 0.717) is 12.6 Å². The molecule has 20 heavy (non-hydrogen) atoms. The van der Waals surface area contributed by atoms with Crippen molar-refractivity contribution in [1.29, 1.82) is 0 Å². The molecule has 0 fully saturated rings. The summed E-state index contributed by atoms with van der Waals surface area (Å²) in [6.07, 6.45) is 5.14. The van der Waals surface area contributed by atoms with Crippen molar-refractivity contribution < 1.29 is 9.47 Å². The van der Waals surface area contributed by atoms with E-state index < -0.39 is 0 Å². The molecule has 0 aliphatic rings. The molecule has 0 radical (unpaired) electrons. The summed E-state index contributed by atoms with van der Waals surface area (Å²) in [5.74, 6) is 1.68. The van der Waals surface area contributed by atoms with Crippen LogP contribution in [0.2, 0.25) is 0 Å². The number of benzene rings is 1. The van der Waals surface area contributed by atoms with Gasteiger partial charge in [0.1, 0.15) is 18.1 Å². The van der Waals surface area contributed by atoms with Crippen molar-refractivity contribution in [3.63, 3.8) is 0 Å². The van der Waals surface area contributed by atoms with Gasteiger partial charge in [-0.3, -0.25) is 0 Å². The predicted molar refractivity (Wildman–Crippen MR) is 87.8 cm³/mol. The molecule has 1 atom stereocenters. The fourth-order valence-corrected chi connectivity index (χ4v) is 2.47. The minimum atomic E-state index is 0.560. The Kier molecular flexibility index (Phi) is 8.70. The molecule has 0 bridgehead atoms. The zero-order valence-corrected chi connectivity index (χ0v) is 14.3. The van der Waals surface area contributed by atoms with Crippen LogP contribution in [0.15, 0.2) is 22.7 Å². The number of methoxy groups -OCH3 is 1. The number of hydrogen-bond acceptors (Lipinski definition) is 3. The first kappa shape index (κ1) is 17.3. The van der Waals surface area contributed by atoms with E-state index in [1.807, 2.05) is 18.2 Å². The molecule has 1 aromatic rings. The summed E-state index contributed by atoms with van der Waals surface area (Å²) >= 11 is 3.49. The van der Waals surface area contributed by atoms with Crippen LogP contribution >= 0.6 is 15.9 Å². The van der Waals surface area contributed by atoms with E-state index in [2.05, 4.69) is 35.1 Å². The van der Waals surface area contributed by atoms with Crippen LogP contribution in [0.4, 0.5) is 0 Å². The second kappa shape index (κ2) is 10.1. The van der Waals surface area contributed by atoms with Gasteiger partial charge in [-0.2, -0.15) is 0 Å². The molecule has 1 unspecified atom stereocenters. The Morgan fingerprint density at radius 2 is 2.10 bits per heavy atom. The van der Waals surface area contributed by atoms with Crippen LogP contribution in [-0.4, -0.2) is 26.3 Å². The molecular formula is C16H26BrNO2. The average molecular weight is 344 g/mol. The van der Waals surface area contributed by atoms with E-state index in [0.717, 1.165) is 22.5 Å². The zero-order valence-electron chi connectivity index (χ0n) is 12.7. The lowest BCUT2D eigenvalue weighted by atomic mass is 10.1. The van der Waals surface area contributed by atoms with Gasteiger partial charge < -0.3 is 14.8 Å². The molecule has 1 aromatic carbocycles. The highest BCUT2D eigenvalue weighted by Crippen LogP contribution is 2.28. The normalized spacial score (nSPS) is 12.2. The maximum Gasteiger partial charge on any atom is 0.133 e. The van der Waals surface area contributed by atoms with Crippen LogP contribution in [0.3, 0.4) is 0 Å². The first-order chi connectivity index (χ1) is 9.67. The van der Waals surface area contributed by atoms with Gasteiger partial charge >= 0.3 is 0 Å². The van der Waals surface area contributed by atoms with Crippen molar-refractivity contribution in [3.8, 4) is 11.5 Å². The molecule has 0 aliphatic heterocycles. The van der Waals surface area contributed by atoms with Gasteiger partial charge in [0.2, 0.25) is 0 Å². The quantitative estimate of drug-likeness (QED) is 0.639. The highest BCUT2D eigenvalue weighted by atomic mass is 79.9. The van der Waals surface area contributed by atoms with Gasteiger partial charge in [-0.1, -0.05) is 26.2 Å². The molecule has 114 valence electrons. The molecule has 3 nitrogen and oxygen atoms in total. The van der Waals surface area contributed by atoms with Crippen LogP contribution in [0.5, 0.6) is 11.5 Å². The summed E-state index contributed by atoms with van der Waals surface area (Å²) < 4.78 is 11.8. The smallest absolute Gasteiger partial charge is 0.133 e. The van der Waals surface area contributed by atoms with Crippen LogP contribution < -0.4 is 14.8 Å². The standard InChI is InChI=1S/C16H26BrNO2/c1-4-5-6-7-13(2)18-10-11-20-16-9-8-14(19-3)12-15(16)17/h8-9,12-13,18H,4-7,10-11H2,1-3H3. The summed E-state index contributed by atoms with van der Waals surface area (Å²) in [5, 5.41) is 3.49. The minimum absolute atomic E-state index is 0.560. The third-order valence-corrected chi connectivity index (χ3v) is 3.85. The Hall–Kier alpha value is -0.740. The topological polar surface area (TPSA) is 30.5 Å². The summed E-state index contributed by atoms with van der Waals surface area (Å²) in [6.45, 7) is 6.01. The summed E-state index contributed by atoms with van der Waals surface area (Å²) in [5.41, 5.74) is 0. The molecule has 1 N–H and O–H groups in total. The van der Waals surface area contributed by atoms with E-state index in [-0.39, 0.29) is 0 Å².